The van der Waals surface area contributed by atoms with Gasteiger partial charge < -0.3 is 9.64 Å². The van der Waals surface area contributed by atoms with Gasteiger partial charge in [0.2, 0.25) is 5.91 Å². The molecule has 0 N–H and O–H groups in total. The fourth-order valence-corrected chi connectivity index (χ4v) is 2.34. The molecule has 1 saturated heterocycles. The molecule has 0 spiro atoms. The molecule has 18 heavy (non-hydrogen) atoms. The van der Waals surface area contributed by atoms with E-state index < -0.39 is 0 Å². The summed E-state index contributed by atoms with van der Waals surface area (Å²) in [6, 6.07) is 8.02. The number of carbonyl (C=O) groups excluding carboxylic acids is 2. The van der Waals surface area contributed by atoms with Gasteiger partial charge >= 0.3 is 6.09 Å². The van der Waals surface area contributed by atoms with Crippen molar-refractivity contribution in [3.8, 4) is 0 Å². The Morgan fingerprint density at radius 1 is 1.22 bits per heavy atom. The number of cyclic esters (lactones) is 1. The van der Waals surface area contributed by atoms with Crippen molar-refractivity contribution in [3.63, 3.8) is 0 Å². The van der Waals surface area contributed by atoms with E-state index in [0.29, 0.717) is 26.2 Å². The number of hydrogen-bond donors (Lipinski definition) is 0. The molecule has 2 heterocycles. The third-order valence-corrected chi connectivity index (χ3v) is 3.36. The van der Waals surface area contributed by atoms with Gasteiger partial charge in [-0.2, -0.15) is 0 Å². The van der Waals surface area contributed by atoms with E-state index in [1.54, 1.807) is 4.90 Å². The number of ether oxygens (including phenoxy) is 1. The highest BCUT2D eigenvalue weighted by atomic mass is 16.6. The van der Waals surface area contributed by atoms with Crippen LogP contribution in [0.15, 0.2) is 24.3 Å². The third kappa shape index (κ3) is 1.92. The monoisotopic (exact) mass is 246 g/mol. The molecule has 2 amide bonds. The molecule has 3 rings (SSSR count). The normalized spacial score (nSPS) is 17.9. The minimum absolute atomic E-state index is 0.0231. The molecule has 0 aromatic heterocycles. The average molecular weight is 246 g/mol. The highest BCUT2D eigenvalue weighted by Gasteiger charge is 2.28. The summed E-state index contributed by atoms with van der Waals surface area (Å²) in [7, 11) is 0. The van der Waals surface area contributed by atoms with Crippen LogP contribution in [0.25, 0.3) is 0 Å². The molecule has 1 aromatic rings. The molecule has 0 saturated carbocycles. The van der Waals surface area contributed by atoms with E-state index in [0.717, 1.165) is 0 Å². The molecular formula is C13H14N2O3. The van der Waals surface area contributed by atoms with Crippen LogP contribution >= 0.6 is 0 Å². The highest BCUT2D eigenvalue weighted by molar-refractivity contribution is 5.83. The number of carbonyl (C=O) groups is 2. The predicted molar refractivity (Wildman–Crippen MR) is 63.6 cm³/mol. The molecule has 1 fully saturated rings. The molecular weight excluding hydrogens is 232 g/mol. The molecule has 2 aliphatic rings. The van der Waals surface area contributed by atoms with Crippen LogP contribution in [0.2, 0.25) is 0 Å². The van der Waals surface area contributed by atoms with Gasteiger partial charge in [0.15, 0.2) is 0 Å². The van der Waals surface area contributed by atoms with E-state index in [-0.39, 0.29) is 18.5 Å². The predicted octanol–water partition coefficient (Wildman–Crippen LogP) is 0.981. The molecule has 0 radical (unpaired) electrons. The zero-order valence-corrected chi connectivity index (χ0v) is 9.96. The Morgan fingerprint density at radius 2 is 1.89 bits per heavy atom. The van der Waals surface area contributed by atoms with Crippen LogP contribution < -0.4 is 0 Å². The van der Waals surface area contributed by atoms with Crippen LogP contribution in [0.4, 0.5) is 4.79 Å². The largest absolute Gasteiger partial charge is 0.448 e. The Labute approximate surface area is 105 Å². The van der Waals surface area contributed by atoms with Crippen molar-refractivity contribution < 1.29 is 14.3 Å². The summed E-state index contributed by atoms with van der Waals surface area (Å²) in [6.07, 6.45) is -0.389. The third-order valence-electron chi connectivity index (χ3n) is 3.36. The van der Waals surface area contributed by atoms with Crippen LogP contribution in [0, 0.1) is 0 Å². The minimum Gasteiger partial charge on any atom is -0.448 e. The molecule has 5 nitrogen and oxygen atoms in total. The first kappa shape index (κ1) is 11.1. The lowest BCUT2D eigenvalue weighted by Crippen LogP contribution is -2.38. The molecule has 0 aliphatic carbocycles. The van der Waals surface area contributed by atoms with Crippen molar-refractivity contribution in [1.29, 1.82) is 0 Å². The van der Waals surface area contributed by atoms with E-state index >= 15 is 0 Å². The van der Waals surface area contributed by atoms with E-state index in [1.165, 1.54) is 16.0 Å². The van der Waals surface area contributed by atoms with Crippen molar-refractivity contribution in [2.75, 3.05) is 19.7 Å². The van der Waals surface area contributed by atoms with Crippen molar-refractivity contribution in [3.05, 3.63) is 35.4 Å². The van der Waals surface area contributed by atoms with E-state index in [1.807, 2.05) is 24.3 Å². The van der Waals surface area contributed by atoms with Gasteiger partial charge in [0.1, 0.15) is 13.2 Å². The summed E-state index contributed by atoms with van der Waals surface area (Å²) < 4.78 is 4.81. The van der Waals surface area contributed by atoms with Crippen molar-refractivity contribution in [2.24, 2.45) is 0 Å². The molecule has 2 aliphatic heterocycles. The minimum atomic E-state index is -0.389. The Balaban J connectivity index is 1.64. The van der Waals surface area contributed by atoms with Crippen molar-refractivity contribution in [2.45, 2.75) is 13.1 Å². The smallest absolute Gasteiger partial charge is 0.410 e. The second-order valence-corrected chi connectivity index (χ2v) is 4.55. The zero-order chi connectivity index (χ0) is 12.5. The Morgan fingerprint density at radius 3 is 2.44 bits per heavy atom. The number of benzene rings is 1. The summed E-state index contributed by atoms with van der Waals surface area (Å²) in [5, 5.41) is 0. The molecule has 94 valence electrons. The van der Waals surface area contributed by atoms with Gasteiger partial charge in [-0.25, -0.2) is 4.79 Å². The summed E-state index contributed by atoms with van der Waals surface area (Å²) in [5.41, 5.74) is 2.38. The second kappa shape index (κ2) is 4.33. The van der Waals surface area contributed by atoms with Crippen LogP contribution in [0.5, 0.6) is 0 Å². The first-order valence-electron chi connectivity index (χ1n) is 6.00. The molecule has 5 heteroatoms. The Kier molecular flexibility index (Phi) is 2.66. The summed E-state index contributed by atoms with van der Waals surface area (Å²) >= 11 is 0. The number of hydrogen-bond acceptors (Lipinski definition) is 3. The van der Waals surface area contributed by atoms with Crippen LogP contribution in [0.3, 0.4) is 0 Å². The maximum Gasteiger partial charge on any atom is 0.410 e. The van der Waals surface area contributed by atoms with Gasteiger partial charge in [0, 0.05) is 13.1 Å². The maximum atomic E-state index is 12.1. The van der Waals surface area contributed by atoms with Gasteiger partial charge in [-0.05, 0) is 11.1 Å². The maximum absolute atomic E-state index is 12.1. The number of nitrogens with zero attached hydrogens (tertiary/aromatic N) is 2. The first-order chi connectivity index (χ1) is 8.74. The van der Waals surface area contributed by atoms with Crippen LogP contribution in [-0.2, 0) is 22.6 Å². The number of rotatable bonds is 2. The van der Waals surface area contributed by atoms with Crippen LogP contribution in [0.1, 0.15) is 11.1 Å². The van der Waals surface area contributed by atoms with Gasteiger partial charge in [-0.15, -0.1) is 0 Å². The number of amides is 2. The van der Waals surface area contributed by atoms with Crippen molar-refractivity contribution in [1.82, 2.24) is 9.80 Å². The van der Waals surface area contributed by atoms with Gasteiger partial charge in [-0.3, -0.25) is 9.69 Å². The lowest BCUT2D eigenvalue weighted by atomic mass is 10.1. The van der Waals surface area contributed by atoms with E-state index in [4.69, 9.17) is 4.74 Å². The van der Waals surface area contributed by atoms with E-state index in [9.17, 15) is 9.59 Å². The Hall–Kier alpha value is -2.04. The Bertz CT molecular complexity index is 476. The van der Waals surface area contributed by atoms with Gasteiger partial charge in [-0.1, -0.05) is 24.3 Å². The van der Waals surface area contributed by atoms with E-state index in [2.05, 4.69) is 0 Å². The lowest BCUT2D eigenvalue weighted by molar-refractivity contribution is -0.132. The number of fused-ring (bicyclic) bond motifs is 1. The average Bonchev–Trinajstić information content (AvgIpc) is 2.96. The zero-order valence-electron chi connectivity index (χ0n) is 9.96. The first-order valence-corrected chi connectivity index (χ1v) is 6.00. The molecule has 0 atom stereocenters. The molecule has 0 bridgehead atoms. The fraction of sp³-hybridized carbons (Fsp3) is 0.385. The lowest BCUT2D eigenvalue weighted by Gasteiger charge is -2.19. The molecule has 1 aromatic carbocycles. The van der Waals surface area contributed by atoms with Gasteiger partial charge in [0.25, 0.3) is 0 Å². The van der Waals surface area contributed by atoms with Crippen molar-refractivity contribution >= 4 is 12.0 Å². The fourth-order valence-electron chi connectivity index (χ4n) is 2.34. The van der Waals surface area contributed by atoms with Crippen LogP contribution in [-0.4, -0.2) is 41.5 Å². The summed E-state index contributed by atoms with van der Waals surface area (Å²) in [6.45, 7) is 2.28. The standard InChI is InChI=1S/C13H14N2O3/c16-12(9-14-5-6-18-13(14)17)15-7-10-3-1-2-4-11(10)8-15/h1-4H,5-9H2. The quantitative estimate of drug-likeness (QED) is 0.781. The summed E-state index contributed by atoms with van der Waals surface area (Å²) in [4.78, 5) is 26.6. The summed E-state index contributed by atoms with van der Waals surface area (Å²) in [5.74, 6) is -0.0231. The molecule has 0 unspecified atom stereocenters. The topological polar surface area (TPSA) is 49.9 Å². The SMILES string of the molecule is O=C(CN1CCOC1=O)N1Cc2ccccc2C1. The highest BCUT2D eigenvalue weighted by Crippen LogP contribution is 2.22. The second-order valence-electron chi connectivity index (χ2n) is 4.55. The van der Waals surface area contributed by atoms with Gasteiger partial charge in [0.05, 0.1) is 6.54 Å².